The lowest BCUT2D eigenvalue weighted by atomic mass is 9.80. The van der Waals surface area contributed by atoms with E-state index < -0.39 is 41.7 Å². The molecule has 5 aromatic rings. The summed E-state index contributed by atoms with van der Waals surface area (Å²) in [6.45, 7) is 6.15. The third-order valence-electron chi connectivity index (χ3n) is 9.93. The molecule has 1 aliphatic heterocycles. The summed E-state index contributed by atoms with van der Waals surface area (Å²) in [4.78, 5) is 30.3. The summed E-state index contributed by atoms with van der Waals surface area (Å²) in [7, 11) is 6.34. The molecule has 294 valence electrons. The predicted octanol–water partition coefficient (Wildman–Crippen LogP) is 6.51. The number of hydrogen-bond acceptors (Lipinski definition) is 10. The van der Waals surface area contributed by atoms with Crippen LogP contribution < -0.4 is 25.2 Å². The topological polar surface area (TPSA) is 129 Å². The fourth-order valence-electron chi connectivity index (χ4n) is 6.94. The van der Waals surface area contributed by atoms with Crippen LogP contribution in [0.3, 0.4) is 0 Å². The molecule has 0 radical (unpaired) electrons. The molecule has 0 spiro atoms. The van der Waals surface area contributed by atoms with Crippen LogP contribution in [0.1, 0.15) is 49.3 Å². The highest BCUT2D eigenvalue weighted by Gasteiger charge is 2.48. The second-order valence-corrected chi connectivity index (χ2v) is 14.4. The van der Waals surface area contributed by atoms with Gasteiger partial charge in [0.1, 0.15) is 47.0 Å². The van der Waals surface area contributed by atoms with Crippen LogP contribution in [0.4, 0.5) is 5.82 Å². The fourth-order valence-corrected chi connectivity index (χ4v) is 6.94. The first kappa shape index (κ1) is 40.1. The number of hydrogen-bond donors (Lipinski definition) is 1. The first-order valence-electron chi connectivity index (χ1n) is 18.3. The summed E-state index contributed by atoms with van der Waals surface area (Å²) in [5.41, 5.74) is 1.97. The Morgan fingerprint density at radius 1 is 0.714 bits per heavy atom. The average Bonchev–Trinajstić information content (AvgIpc) is 3.58. The van der Waals surface area contributed by atoms with Crippen LogP contribution in [-0.4, -0.2) is 75.4 Å². The number of nitrogens with zero attached hydrogens (tertiary/aromatic N) is 2. The van der Waals surface area contributed by atoms with Gasteiger partial charge in [0.2, 0.25) is 0 Å². The number of methoxy groups -OCH3 is 4. The molecule has 1 aromatic heterocycles. The Kier molecular flexibility index (Phi) is 12.6. The van der Waals surface area contributed by atoms with Crippen molar-refractivity contribution in [1.29, 1.82) is 0 Å². The summed E-state index contributed by atoms with van der Waals surface area (Å²) in [6.07, 6.45) is -1.44. The molecule has 6 rings (SSSR count). The smallest absolute Gasteiger partial charge is 0.351 e. The summed E-state index contributed by atoms with van der Waals surface area (Å²) < 4.78 is 43.4. The standard InChI is InChI=1S/C44H49N3O9/c1-43(2,3)29-13-23-35(24-14-29)54-28-38(48)45-37-25-26-47(42(49)46-37)41-40(53-7)39(52-6)36(56-41)27-55-44(30-11-9-8-10-12-30,31-15-19-33(50-4)20-16-31)32-17-21-34(51-5)22-18-32/h8-26,36,39-41H,27-28H2,1-7H3,(H,45,46,48,49). The number of amides is 1. The monoisotopic (exact) mass is 763 g/mol. The van der Waals surface area contributed by atoms with Crippen molar-refractivity contribution in [3.63, 3.8) is 0 Å². The van der Waals surface area contributed by atoms with Crippen molar-refractivity contribution in [3.8, 4) is 17.2 Å². The summed E-state index contributed by atoms with van der Waals surface area (Å²) in [6, 6.07) is 34.5. The summed E-state index contributed by atoms with van der Waals surface area (Å²) in [5, 5.41) is 2.64. The van der Waals surface area contributed by atoms with Crippen molar-refractivity contribution in [2.75, 3.05) is 47.0 Å². The van der Waals surface area contributed by atoms with Crippen LogP contribution in [0, 0.1) is 0 Å². The van der Waals surface area contributed by atoms with Gasteiger partial charge in [-0.3, -0.25) is 9.36 Å². The van der Waals surface area contributed by atoms with E-state index in [2.05, 4.69) is 31.1 Å². The molecule has 1 N–H and O–H groups in total. The van der Waals surface area contributed by atoms with Crippen molar-refractivity contribution in [3.05, 3.63) is 148 Å². The van der Waals surface area contributed by atoms with Gasteiger partial charge in [0.05, 0.1) is 20.8 Å². The van der Waals surface area contributed by atoms with Gasteiger partial charge in [-0.25, -0.2) is 4.79 Å². The van der Waals surface area contributed by atoms with E-state index >= 15 is 0 Å². The molecule has 0 saturated carbocycles. The summed E-state index contributed by atoms with van der Waals surface area (Å²) >= 11 is 0. The molecule has 4 unspecified atom stereocenters. The highest BCUT2D eigenvalue weighted by Crippen LogP contribution is 2.43. The third kappa shape index (κ3) is 8.63. The largest absolute Gasteiger partial charge is 0.497 e. The Morgan fingerprint density at radius 2 is 1.25 bits per heavy atom. The van der Waals surface area contributed by atoms with Crippen LogP contribution in [0.15, 0.2) is 120 Å². The van der Waals surface area contributed by atoms with Gasteiger partial charge >= 0.3 is 5.69 Å². The van der Waals surface area contributed by atoms with Crippen LogP contribution in [-0.2, 0) is 34.8 Å². The lowest BCUT2D eigenvalue weighted by Gasteiger charge is -2.37. The Hall–Kier alpha value is -5.53. The van der Waals surface area contributed by atoms with Crippen LogP contribution >= 0.6 is 0 Å². The minimum absolute atomic E-state index is 0.00225. The first-order chi connectivity index (χ1) is 27.0. The predicted molar refractivity (Wildman–Crippen MR) is 212 cm³/mol. The van der Waals surface area contributed by atoms with Gasteiger partial charge in [-0.2, -0.15) is 4.98 Å². The molecular formula is C44H49N3O9. The molecule has 4 aromatic carbocycles. The Morgan fingerprint density at radius 3 is 1.77 bits per heavy atom. The maximum Gasteiger partial charge on any atom is 0.351 e. The van der Waals surface area contributed by atoms with E-state index in [1.807, 2.05) is 103 Å². The number of rotatable bonds is 15. The maximum atomic E-state index is 13.5. The second-order valence-electron chi connectivity index (χ2n) is 14.4. The Bertz CT molecular complexity index is 2050. The number of carbonyl (C=O) groups is 1. The van der Waals surface area contributed by atoms with E-state index in [1.54, 1.807) is 21.3 Å². The van der Waals surface area contributed by atoms with Gasteiger partial charge in [0.25, 0.3) is 5.91 Å². The zero-order chi connectivity index (χ0) is 39.9. The number of aromatic nitrogens is 2. The molecule has 1 aliphatic rings. The second kappa shape index (κ2) is 17.5. The SMILES string of the molecule is COc1ccc(C(OCC2OC(n3ccc(NC(=O)COc4ccc(C(C)(C)C)cc4)nc3=O)C(OC)C2OC)(c2ccccc2)c2ccc(OC)cc2)cc1. The van der Waals surface area contributed by atoms with Crippen molar-refractivity contribution >= 4 is 11.7 Å². The summed E-state index contributed by atoms with van der Waals surface area (Å²) in [5.74, 6) is 1.57. The van der Waals surface area contributed by atoms with Crippen LogP contribution in [0.25, 0.3) is 0 Å². The molecule has 0 aliphatic carbocycles. The lowest BCUT2D eigenvalue weighted by Crippen LogP contribution is -2.41. The zero-order valence-corrected chi connectivity index (χ0v) is 32.8. The average molecular weight is 764 g/mol. The molecule has 1 fully saturated rings. The van der Waals surface area contributed by atoms with Crippen LogP contribution in [0.5, 0.6) is 17.2 Å². The third-order valence-corrected chi connectivity index (χ3v) is 9.93. The maximum absolute atomic E-state index is 13.5. The van der Waals surface area contributed by atoms with E-state index in [9.17, 15) is 9.59 Å². The molecule has 1 amide bonds. The van der Waals surface area contributed by atoms with E-state index in [-0.39, 0.29) is 24.4 Å². The molecule has 56 heavy (non-hydrogen) atoms. The molecule has 1 saturated heterocycles. The quantitative estimate of drug-likeness (QED) is 0.118. The number of benzene rings is 4. The number of carbonyl (C=O) groups excluding carboxylic acids is 1. The van der Waals surface area contributed by atoms with Gasteiger partial charge in [0, 0.05) is 20.4 Å². The van der Waals surface area contributed by atoms with E-state index in [4.69, 9.17) is 33.2 Å². The van der Waals surface area contributed by atoms with Crippen LogP contribution in [0.2, 0.25) is 0 Å². The fraction of sp³-hybridized carbons (Fsp3) is 0.341. The zero-order valence-electron chi connectivity index (χ0n) is 32.8. The lowest BCUT2D eigenvalue weighted by molar-refractivity contribution is -0.118. The molecular weight excluding hydrogens is 714 g/mol. The first-order valence-corrected chi connectivity index (χ1v) is 18.3. The van der Waals surface area contributed by atoms with Gasteiger partial charge < -0.3 is 38.5 Å². The Balaban J connectivity index is 1.23. The molecule has 4 atom stereocenters. The molecule has 0 bridgehead atoms. The highest BCUT2D eigenvalue weighted by molar-refractivity contribution is 5.90. The van der Waals surface area contributed by atoms with Gasteiger partial charge in [0.15, 0.2) is 12.8 Å². The Labute approximate surface area is 327 Å². The van der Waals surface area contributed by atoms with Crippen molar-refractivity contribution in [1.82, 2.24) is 9.55 Å². The minimum atomic E-state index is -1.11. The van der Waals surface area contributed by atoms with Crippen molar-refractivity contribution in [2.24, 2.45) is 0 Å². The molecule has 12 heteroatoms. The van der Waals surface area contributed by atoms with Crippen molar-refractivity contribution < 1.29 is 38.0 Å². The molecule has 12 nitrogen and oxygen atoms in total. The van der Waals surface area contributed by atoms with Gasteiger partial charge in [-0.05, 0) is 70.1 Å². The molecule has 2 heterocycles. The normalized spacial score (nSPS) is 18.3. The van der Waals surface area contributed by atoms with E-state index in [1.165, 1.54) is 23.9 Å². The number of ether oxygens (including phenoxy) is 7. The van der Waals surface area contributed by atoms with E-state index in [0.717, 1.165) is 22.3 Å². The van der Waals surface area contributed by atoms with Gasteiger partial charge in [-0.1, -0.05) is 87.5 Å². The minimum Gasteiger partial charge on any atom is -0.497 e. The number of nitrogens with one attached hydrogen (secondary N) is 1. The number of anilines is 1. The van der Waals surface area contributed by atoms with E-state index in [0.29, 0.717) is 17.2 Å². The van der Waals surface area contributed by atoms with Gasteiger partial charge in [-0.15, -0.1) is 0 Å². The highest BCUT2D eigenvalue weighted by atomic mass is 16.6. The van der Waals surface area contributed by atoms with Crippen molar-refractivity contribution in [2.45, 2.75) is 56.3 Å².